The molecule has 1 N–H and O–H groups in total. The van der Waals surface area contributed by atoms with Gasteiger partial charge in [0, 0.05) is 23.9 Å². The zero-order chi connectivity index (χ0) is 19.0. The monoisotopic (exact) mass is 364 g/mol. The van der Waals surface area contributed by atoms with E-state index in [2.05, 4.69) is 17.6 Å². The number of esters is 1. The number of halogens is 1. The number of aromatic amines is 1. The molecular weight excluding hydrogens is 343 g/mol. The largest absolute Gasteiger partial charge is 0.464 e. The number of ether oxygens (including phenoxy) is 1. The predicted octanol–water partition coefficient (Wildman–Crippen LogP) is 4.27. The Kier molecular flexibility index (Phi) is 4.44. The number of nitrogens with zero attached hydrogens (tertiary/aromatic N) is 1. The molecular formula is C22H21FN2O2. The quantitative estimate of drug-likeness (QED) is 0.704. The Labute approximate surface area is 157 Å². The first-order valence-electron chi connectivity index (χ1n) is 9.04. The van der Waals surface area contributed by atoms with Crippen LogP contribution in [0.5, 0.6) is 0 Å². The number of aromatic nitrogens is 1. The maximum absolute atomic E-state index is 13.5. The molecule has 0 saturated heterocycles. The van der Waals surface area contributed by atoms with E-state index in [1.807, 2.05) is 29.2 Å². The molecule has 2 aromatic carbocycles. The topological polar surface area (TPSA) is 45.3 Å². The molecule has 0 aliphatic carbocycles. The van der Waals surface area contributed by atoms with Gasteiger partial charge in [-0.05, 0) is 42.3 Å². The number of benzene rings is 2. The summed E-state index contributed by atoms with van der Waals surface area (Å²) in [6, 6.07) is 14.1. The molecule has 138 valence electrons. The number of H-pyrrole nitrogens is 1. The molecule has 2 heterocycles. The van der Waals surface area contributed by atoms with Crippen LogP contribution in [0.4, 0.5) is 4.39 Å². The lowest BCUT2D eigenvalue weighted by molar-refractivity contribution is -0.148. The molecule has 0 bridgehead atoms. The lowest BCUT2D eigenvalue weighted by Gasteiger charge is -2.37. The van der Waals surface area contributed by atoms with Crippen LogP contribution in [0.15, 0.2) is 55.1 Å². The van der Waals surface area contributed by atoms with Gasteiger partial charge in [-0.25, -0.2) is 9.18 Å². The van der Waals surface area contributed by atoms with Gasteiger partial charge in [0.15, 0.2) is 0 Å². The Morgan fingerprint density at radius 1 is 1.26 bits per heavy atom. The highest BCUT2D eigenvalue weighted by molar-refractivity contribution is 5.85. The Morgan fingerprint density at radius 2 is 2.04 bits per heavy atom. The van der Waals surface area contributed by atoms with E-state index in [0.29, 0.717) is 25.3 Å². The van der Waals surface area contributed by atoms with Crippen molar-refractivity contribution >= 4 is 22.6 Å². The summed E-state index contributed by atoms with van der Waals surface area (Å²) in [5, 5.41) is 0.774. The van der Waals surface area contributed by atoms with E-state index >= 15 is 0 Å². The minimum absolute atomic E-state index is 0.254. The lowest BCUT2D eigenvalue weighted by atomic mass is 9.93. The maximum Gasteiger partial charge on any atom is 0.329 e. The Balaban J connectivity index is 1.71. The molecule has 1 aromatic heterocycles. The number of carbonyl (C=O) groups is 1. The highest BCUT2D eigenvalue weighted by Crippen LogP contribution is 2.31. The third-order valence-electron chi connectivity index (χ3n) is 5.05. The third kappa shape index (κ3) is 3.21. The van der Waals surface area contributed by atoms with E-state index in [1.165, 1.54) is 17.7 Å². The average Bonchev–Trinajstić information content (AvgIpc) is 3.09. The maximum atomic E-state index is 13.5. The second-order valence-electron chi connectivity index (χ2n) is 6.73. The van der Waals surface area contributed by atoms with Gasteiger partial charge in [0.1, 0.15) is 11.9 Å². The van der Waals surface area contributed by atoms with Gasteiger partial charge in [-0.1, -0.05) is 30.8 Å². The van der Waals surface area contributed by atoms with Crippen LogP contribution in [0, 0.1) is 5.82 Å². The molecule has 4 rings (SSSR count). The Morgan fingerprint density at radius 3 is 2.81 bits per heavy atom. The number of hydrogen-bond donors (Lipinski definition) is 1. The summed E-state index contributed by atoms with van der Waals surface area (Å²) in [4.78, 5) is 17.9. The molecule has 0 spiro atoms. The fourth-order valence-corrected chi connectivity index (χ4v) is 3.67. The van der Waals surface area contributed by atoms with E-state index in [0.717, 1.165) is 22.2 Å². The molecule has 0 fully saturated rings. The van der Waals surface area contributed by atoms with Crippen LogP contribution in [0.3, 0.4) is 0 Å². The fourth-order valence-electron chi connectivity index (χ4n) is 3.67. The van der Waals surface area contributed by atoms with Crippen LogP contribution >= 0.6 is 0 Å². The van der Waals surface area contributed by atoms with Gasteiger partial charge in [-0.15, -0.1) is 0 Å². The molecule has 1 unspecified atom stereocenters. The summed E-state index contributed by atoms with van der Waals surface area (Å²) >= 11 is 0. The van der Waals surface area contributed by atoms with Crippen LogP contribution < -0.4 is 0 Å². The summed E-state index contributed by atoms with van der Waals surface area (Å²) in [5.41, 5.74) is 4.61. The van der Waals surface area contributed by atoms with Crippen LogP contribution in [-0.4, -0.2) is 28.5 Å². The smallest absolute Gasteiger partial charge is 0.329 e. The van der Waals surface area contributed by atoms with Crippen molar-refractivity contribution in [3.8, 4) is 0 Å². The number of rotatable bonds is 4. The van der Waals surface area contributed by atoms with Gasteiger partial charge < -0.3 is 14.6 Å². The van der Waals surface area contributed by atoms with Gasteiger partial charge >= 0.3 is 5.97 Å². The molecule has 0 saturated carbocycles. The van der Waals surface area contributed by atoms with Crippen LogP contribution in [0.25, 0.3) is 16.6 Å². The van der Waals surface area contributed by atoms with Gasteiger partial charge in [0.25, 0.3) is 0 Å². The normalized spacial score (nSPS) is 16.2. The summed E-state index contributed by atoms with van der Waals surface area (Å²) in [6.45, 7) is 6.94. The van der Waals surface area contributed by atoms with Crippen LogP contribution in [0.2, 0.25) is 0 Å². The van der Waals surface area contributed by atoms with E-state index < -0.39 is 6.04 Å². The van der Waals surface area contributed by atoms with Crippen LogP contribution in [-0.2, 0) is 22.5 Å². The molecule has 27 heavy (non-hydrogen) atoms. The summed E-state index contributed by atoms with van der Waals surface area (Å²) in [6.07, 6.45) is 0.572. The lowest BCUT2D eigenvalue weighted by Crippen LogP contribution is -2.45. The zero-order valence-corrected chi connectivity index (χ0v) is 15.2. The SMILES string of the molecule is C=C(c1cc2cc(F)ccc2[nH]1)N1Cc2ccccc2CC1C(=O)OCC. The first-order chi connectivity index (χ1) is 13.1. The van der Waals surface area contributed by atoms with E-state index in [-0.39, 0.29) is 11.8 Å². The number of nitrogens with one attached hydrogen (secondary N) is 1. The van der Waals surface area contributed by atoms with Crippen molar-refractivity contribution in [2.45, 2.75) is 25.9 Å². The van der Waals surface area contributed by atoms with E-state index in [4.69, 9.17) is 4.74 Å². The predicted molar refractivity (Wildman–Crippen MR) is 103 cm³/mol. The van der Waals surface area contributed by atoms with Crippen molar-refractivity contribution in [2.24, 2.45) is 0 Å². The molecule has 1 atom stereocenters. The number of carbonyl (C=O) groups excluding carboxylic acids is 1. The van der Waals surface area contributed by atoms with Gasteiger partial charge in [0.2, 0.25) is 0 Å². The molecule has 5 heteroatoms. The molecule has 4 nitrogen and oxygen atoms in total. The summed E-state index contributed by atoms with van der Waals surface area (Å²) in [5.74, 6) is -0.537. The third-order valence-corrected chi connectivity index (χ3v) is 5.05. The van der Waals surface area contributed by atoms with Gasteiger partial charge in [-0.3, -0.25) is 0 Å². The molecule has 3 aromatic rings. The fraction of sp³-hybridized carbons (Fsp3) is 0.227. The standard InChI is InChI=1S/C22H21FN2O2/c1-3-27-22(26)21-12-15-6-4-5-7-16(15)13-25(21)14(2)20-11-17-10-18(23)8-9-19(17)24-20/h4-11,21,24H,2-3,12-13H2,1H3. The van der Waals surface area contributed by atoms with Crippen molar-refractivity contribution in [3.63, 3.8) is 0 Å². The Bertz CT molecular complexity index is 1020. The van der Waals surface area contributed by atoms with E-state index in [9.17, 15) is 9.18 Å². The number of fused-ring (bicyclic) bond motifs is 2. The molecule has 1 aliphatic heterocycles. The molecule has 0 radical (unpaired) electrons. The summed E-state index contributed by atoms with van der Waals surface area (Å²) in [7, 11) is 0. The average molecular weight is 364 g/mol. The minimum atomic E-state index is -0.435. The van der Waals surface area contributed by atoms with E-state index in [1.54, 1.807) is 13.0 Å². The molecule has 0 amide bonds. The first-order valence-corrected chi connectivity index (χ1v) is 9.04. The first kappa shape index (κ1) is 17.3. The number of hydrogen-bond acceptors (Lipinski definition) is 3. The van der Waals surface area contributed by atoms with Crippen LogP contribution in [0.1, 0.15) is 23.7 Å². The van der Waals surface area contributed by atoms with Gasteiger partial charge in [0.05, 0.1) is 18.0 Å². The highest BCUT2D eigenvalue weighted by atomic mass is 19.1. The highest BCUT2D eigenvalue weighted by Gasteiger charge is 2.33. The van der Waals surface area contributed by atoms with Crippen molar-refractivity contribution in [1.82, 2.24) is 9.88 Å². The second-order valence-corrected chi connectivity index (χ2v) is 6.73. The van der Waals surface area contributed by atoms with Gasteiger partial charge in [-0.2, -0.15) is 0 Å². The van der Waals surface area contributed by atoms with Crippen molar-refractivity contribution in [3.05, 3.63) is 77.7 Å². The molecule has 1 aliphatic rings. The minimum Gasteiger partial charge on any atom is -0.464 e. The summed E-state index contributed by atoms with van der Waals surface area (Å²) < 4.78 is 18.8. The second kappa shape index (κ2) is 6.91. The van der Waals surface area contributed by atoms with Crippen molar-refractivity contribution in [2.75, 3.05) is 6.61 Å². The zero-order valence-electron chi connectivity index (χ0n) is 15.2. The van der Waals surface area contributed by atoms with Crippen molar-refractivity contribution in [1.29, 1.82) is 0 Å². The van der Waals surface area contributed by atoms with Crippen molar-refractivity contribution < 1.29 is 13.9 Å². The Hall–Kier alpha value is -3.08.